The molecule has 0 atom stereocenters. The number of carbonyl (C=O) groups is 2. The van der Waals surface area contributed by atoms with Gasteiger partial charge in [0.1, 0.15) is 0 Å². The van der Waals surface area contributed by atoms with Gasteiger partial charge in [0.15, 0.2) is 0 Å². The summed E-state index contributed by atoms with van der Waals surface area (Å²) in [5.74, 6) is -0.280. The van der Waals surface area contributed by atoms with Crippen LogP contribution in [0.2, 0.25) is 0 Å². The summed E-state index contributed by atoms with van der Waals surface area (Å²) < 4.78 is 0. The number of hydrogen-bond donors (Lipinski definition) is 4. The predicted octanol–water partition coefficient (Wildman–Crippen LogP) is 2.32. The quantitative estimate of drug-likeness (QED) is 0.649. The Hall–Kier alpha value is -3.02. The Morgan fingerprint density at radius 1 is 1.00 bits per heavy atom. The maximum absolute atomic E-state index is 12.1. The molecule has 6 nitrogen and oxygen atoms in total. The number of nitrogen functional groups attached to an aromatic ring is 1. The van der Waals surface area contributed by atoms with Gasteiger partial charge in [0.25, 0.3) is 5.91 Å². The molecule has 0 saturated carbocycles. The van der Waals surface area contributed by atoms with Crippen molar-refractivity contribution < 1.29 is 9.59 Å². The topological polar surface area (TPSA) is 110 Å². The molecule has 2 aromatic rings. The fraction of sp³-hybridized carbons (Fsp3) is 0.0667. The molecule has 0 radical (unpaired) electrons. The summed E-state index contributed by atoms with van der Waals surface area (Å²) in [5.41, 5.74) is 13.8. The molecular weight excluding hydrogens is 268 g/mol. The number of urea groups is 1. The Balaban J connectivity index is 2.15. The molecule has 3 amide bonds. The lowest BCUT2D eigenvalue weighted by atomic mass is 10.1. The van der Waals surface area contributed by atoms with E-state index in [1.165, 1.54) is 0 Å². The van der Waals surface area contributed by atoms with Crippen molar-refractivity contribution in [3.05, 3.63) is 53.6 Å². The van der Waals surface area contributed by atoms with E-state index >= 15 is 0 Å². The minimum Gasteiger partial charge on any atom is -0.398 e. The molecule has 0 aliphatic carbocycles. The zero-order chi connectivity index (χ0) is 15.4. The van der Waals surface area contributed by atoms with Gasteiger partial charge in [-0.2, -0.15) is 0 Å². The van der Waals surface area contributed by atoms with Crippen molar-refractivity contribution in [2.45, 2.75) is 6.92 Å². The van der Waals surface area contributed by atoms with Crippen molar-refractivity contribution in [1.82, 2.24) is 0 Å². The summed E-state index contributed by atoms with van der Waals surface area (Å²) >= 11 is 0. The van der Waals surface area contributed by atoms with Gasteiger partial charge in [0.05, 0.1) is 0 Å². The highest BCUT2D eigenvalue weighted by Crippen LogP contribution is 2.17. The van der Waals surface area contributed by atoms with Crippen molar-refractivity contribution in [2.75, 3.05) is 16.4 Å². The summed E-state index contributed by atoms with van der Waals surface area (Å²) in [6.45, 7) is 1.87. The summed E-state index contributed by atoms with van der Waals surface area (Å²) in [4.78, 5) is 22.9. The molecule has 2 aromatic carbocycles. The minimum absolute atomic E-state index is 0.280. The van der Waals surface area contributed by atoms with Gasteiger partial charge in [-0.1, -0.05) is 12.1 Å². The molecule has 0 saturated heterocycles. The van der Waals surface area contributed by atoms with Crippen LogP contribution >= 0.6 is 0 Å². The summed E-state index contributed by atoms with van der Waals surface area (Å²) in [6.07, 6.45) is 0. The number of rotatable bonds is 3. The van der Waals surface area contributed by atoms with Gasteiger partial charge in [0, 0.05) is 22.6 Å². The monoisotopic (exact) mass is 284 g/mol. The van der Waals surface area contributed by atoms with Crippen LogP contribution in [-0.2, 0) is 0 Å². The molecular formula is C15H16N4O2. The van der Waals surface area contributed by atoms with Crippen LogP contribution in [0.1, 0.15) is 15.9 Å². The fourth-order valence-electron chi connectivity index (χ4n) is 1.80. The van der Waals surface area contributed by atoms with Crippen molar-refractivity contribution in [3.63, 3.8) is 0 Å². The van der Waals surface area contributed by atoms with Crippen LogP contribution in [0.3, 0.4) is 0 Å². The molecule has 0 fully saturated rings. The first-order valence-electron chi connectivity index (χ1n) is 6.29. The second-order valence-corrected chi connectivity index (χ2v) is 4.60. The minimum atomic E-state index is -0.662. The highest BCUT2D eigenvalue weighted by Gasteiger charge is 2.08. The van der Waals surface area contributed by atoms with E-state index in [4.69, 9.17) is 11.5 Å². The standard InChI is InChI=1S/C15H16N4O2/c1-9-5-6-10(7-13(9)16)14(20)18-11-3-2-4-12(8-11)19-15(17)21/h2-8H,16H2,1H3,(H,18,20)(H3,17,19,21). The second-order valence-electron chi connectivity index (χ2n) is 4.60. The molecule has 0 aliphatic heterocycles. The second kappa shape index (κ2) is 5.96. The van der Waals surface area contributed by atoms with E-state index in [0.29, 0.717) is 22.6 Å². The summed E-state index contributed by atoms with van der Waals surface area (Å²) in [5, 5.41) is 5.17. The van der Waals surface area contributed by atoms with Crippen LogP contribution < -0.4 is 22.1 Å². The molecule has 108 valence electrons. The predicted molar refractivity (Wildman–Crippen MR) is 83.2 cm³/mol. The van der Waals surface area contributed by atoms with Crippen LogP contribution in [0.5, 0.6) is 0 Å². The molecule has 21 heavy (non-hydrogen) atoms. The molecule has 0 spiro atoms. The summed E-state index contributed by atoms with van der Waals surface area (Å²) in [7, 11) is 0. The highest BCUT2D eigenvalue weighted by molar-refractivity contribution is 6.05. The van der Waals surface area contributed by atoms with Crippen LogP contribution in [-0.4, -0.2) is 11.9 Å². The molecule has 0 unspecified atom stereocenters. The largest absolute Gasteiger partial charge is 0.398 e. The Morgan fingerprint density at radius 3 is 2.29 bits per heavy atom. The van der Waals surface area contributed by atoms with Crippen LogP contribution in [0.25, 0.3) is 0 Å². The van der Waals surface area contributed by atoms with Crippen LogP contribution in [0.15, 0.2) is 42.5 Å². The maximum atomic E-state index is 12.1. The first-order valence-corrected chi connectivity index (χ1v) is 6.29. The molecule has 0 heterocycles. The number of amides is 3. The number of primary amides is 1. The van der Waals surface area contributed by atoms with E-state index in [1.54, 1.807) is 42.5 Å². The van der Waals surface area contributed by atoms with Gasteiger partial charge in [-0.05, 0) is 42.8 Å². The highest BCUT2D eigenvalue weighted by atomic mass is 16.2. The average molecular weight is 284 g/mol. The normalized spacial score (nSPS) is 9.95. The van der Waals surface area contributed by atoms with Crippen molar-refractivity contribution in [3.8, 4) is 0 Å². The van der Waals surface area contributed by atoms with Crippen molar-refractivity contribution in [2.24, 2.45) is 5.73 Å². The number of hydrogen-bond acceptors (Lipinski definition) is 3. The lowest BCUT2D eigenvalue weighted by Gasteiger charge is -2.09. The van der Waals surface area contributed by atoms with E-state index < -0.39 is 6.03 Å². The number of carbonyl (C=O) groups excluding carboxylic acids is 2. The van der Waals surface area contributed by atoms with Gasteiger partial charge >= 0.3 is 6.03 Å². The van der Waals surface area contributed by atoms with E-state index in [-0.39, 0.29) is 5.91 Å². The van der Waals surface area contributed by atoms with Gasteiger partial charge in [0.2, 0.25) is 0 Å². The third kappa shape index (κ3) is 3.73. The third-order valence-electron chi connectivity index (χ3n) is 2.93. The Bertz CT molecular complexity index is 698. The van der Waals surface area contributed by atoms with Gasteiger partial charge in [-0.15, -0.1) is 0 Å². The van der Waals surface area contributed by atoms with E-state index in [1.807, 2.05) is 6.92 Å². The average Bonchev–Trinajstić information content (AvgIpc) is 2.41. The number of benzene rings is 2. The lowest BCUT2D eigenvalue weighted by Crippen LogP contribution is -2.19. The number of anilines is 3. The fourth-order valence-corrected chi connectivity index (χ4v) is 1.80. The Labute approximate surface area is 122 Å². The Kier molecular flexibility index (Phi) is 4.08. The van der Waals surface area contributed by atoms with E-state index in [0.717, 1.165) is 5.56 Å². The number of aryl methyl sites for hydroxylation is 1. The number of nitrogens with two attached hydrogens (primary N) is 2. The third-order valence-corrected chi connectivity index (χ3v) is 2.93. The molecule has 2 rings (SSSR count). The SMILES string of the molecule is Cc1ccc(C(=O)Nc2cccc(NC(N)=O)c2)cc1N. The first-order chi connectivity index (χ1) is 9.95. The molecule has 6 N–H and O–H groups in total. The molecule has 0 bridgehead atoms. The smallest absolute Gasteiger partial charge is 0.316 e. The summed E-state index contributed by atoms with van der Waals surface area (Å²) in [6, 6.07) is 11.1. The van der Waals surface area contributed by atoms with Gasteiger partial charge in [-0.3, -0.25) is 4.79 Å². The maximum Gasteiger partial charge on any atom is 0.316 e. The molecule has 6 heteroatoms. The van der Waals surface area contributed by atoms with E-state index in [2.05, 4.69) is 10.6 Å². The van der Waals surface area contributed by atoms with Crippen LogP contribution in [0.4, 0.5) is 21.9 Å². The van der Waals surface area contributed by atoms with Crippen molar-refractivity contribution in [1.29, 1.82) is 0 Å². The zero-order valence-electron chi connectivity index (χ0n) is 11.5. The Morgan fingerprint density at radius 2 is 1.67 bits per heavy atom. The molecule has 0 aromatic heterocycles. The first kappa shape index (κ1) is 14.4. The number of nitrogens with one attached hydrogen (secondary N) is 2. The molecule has 0 aliphatic rings. The lowest BCUT2D eigenvalue weighted by molar-refractivity contribution is 0.102. The van der Waals surface area contributed by atoms with Gasteiger partial charge in [-0.25, -0.2) is 4.79 Å². The van der Waals surface area contributed by atoms with Crippen molar-refractivity contribution >= 4 is 29.0 Å². The van der Waals surface area contributed by atoms with Crippen LogP contribution in [0, 0.1) is 6.92 Å². The zero-order valence-corrected chi connectivity index (χ0v) is 11.5. The van der Waals surface area contributed by atoms with Gasteiger partial charge < -0.3 is 22.1 Å². The van der Waals surface area contributed by atoms with E-state index in [9.17, 15) is 9.59 Å².